The first kappa shape index (κ1) is 11.9. The van der Waals surface area contributed by atoms with Gasteiger partial charge in [0.1, 0.15) is 0 Å². The average Bonchev–Trinajstić information content (AvgIpc) is 2.15. The van der Waals surface area contributed by atoms with Crippen LogP contribution in [0.4, 0.5) is 0 Å². The van der Waals surface area contributed by atoms with E-state index >= 15 is 0 Å². The van der Waals surface area contributed by atoms with Crippen molar-refractivity contribution in [2.45, 2.75) is 0 Å². The molecule has 0 saturated carbocycles. The Morgan fingerprint density at radius 2 is 1.87 bits per heavy atom. The molecule has 7 heteroatoms. The summed E-state index contributed by atoms with van der Waals surface area (Å²) < 4.78 is 15.4. The van der Waals surface area contributed by atoms with E-state index in [1.54, 1.807) is 0 Å². The number of carbonyl (C=O) groups excluding carboxylic acids is 1. The number of carbonyl (C=O) groups is 2. The summed E-state index contributed by atoms with van der Waals surface area (Å²) in [6, 6.07) is 0. The molecule has 1 saturated heterocycles. The third-order valence-electron chi connectivity index (χ3n) is 1.82. The molecule has 6 nitrogen and oxygen atoms in total. The van der Waals surface area contributed by atoms with E-state index in [4.69, 9.17) is 5.11 Å². The fourth-order valence-electron chi connectivity index (χ4n) is 1.12. The third kappa shape index (κ3) is 4.22. The maximum atomic E-state index is 11.9. The second-order valence-electron chi connectivity index (χ2n) is 3.03. The number of carboxylic acids is 1. The third-order valence-corrected chi connectivity index (χ3v) is 4.02. The molecule has 0 aromatic rings. The number of rotatable bonds is 2. The van der Waals surface area contributed by atoms with E-state index in [1.165, 1.54) is 0 Å². The van der Waals surface area contributed by atoms with Gasteiger partial charge >= 0.3 is 5.97 Å². The molecule has 1 rings (SSSR count). The van der Waals surface area contributed by atoms with Crippen LogP contribution in [0.1, 0.15) is 0 Å². The lowest BCUT2D eigenvalue weighted by atomic mass is 10.5. The molecule has 0 spiro atoms. The highest BCUT2D eigenvalue weighted by atomic mass is 32.2. The van der Waals surface area contributed by atoms with Gasteiger partial charge in [-0.25, -0.2) is 9.00 Å². The Hall–Kier alpha value is -1.21. The number of nitrogens with zero attached hydrogens (tertiary/aromatic N) is 1. The minimum atomic E-state index is -2.47. The van der Waals surface area contributed by atoms with E-state index in [2.05, 4.69) is 9.68 Å². The molecule has 0 radical (unpaired) electrons. The molecule has 15 heavy (non-hydrogen) atoms. The van der Waals surface area contributed by atoms with Gasteiger partial charge in [0.15, 0.2) is 0 Å². The van der Waals surface area contributed by atoms with Gasteiger partial charge in [-0.2, -0.15) is 4.36 Å². The van der Waals surface area contributed by atoms with Crippen LogP contribution in [0.2, 0.25) is 0 Å². The van der Waals surface area contributed by atoms with Crippen molar-refractivity contribution in [3.8, 4) is 0 Å². The average molecular weight is 232 g/mol. The summed E-state index contributed by atoms with van der Waals surface area (Å²) >= 11 is 0. The predicted octanol–water partition coefficient (Wildman–Crippen LogP) is -0.775. The van der Waals surface area contributed by atoms with Gasteiger partial charge in [0, 0.05) is 36.7 Å². The maximum absolute atomic E-state index is 11.9. The van der Waals surface area contributed by atoms with Gasteiger partial charge in [-0.1, -0.05) is 0 Å². The number of nitrogens with one attached hydrogen (secondary N) is 1. The van der Waals surface area contributed by atoms with Gasteiger partial charge in [0.05, 0.1) is 9.73 Å². The standard InChI is InChI=1S/C8H12N2O4S/c11-7(1-2-8(12)13)10-15(14)5-3-9-4-6-15/h1-2,9H,3-6H2,(H,12,13)/b2-1-. The van der Waals surface area contributed by atoms with Crippen LogP contribution in [0.25, 0.3) is 0 Å². The number of aliphatic carboxylic acids is 1. The van der Waals surface area contributed by atoms with E-state index in [0.717, 1.165) is 6.08 Å². The summed E-state index contributed by atoms with van der Waals surface area (Å²) in [5.41, 5.74) is 0. The van der Waals surface area contributed by atoms with Gasteiger partial charge in [0.2, 0.25) is 0 Å². The van der Waals surface area contributed by atoms with Gasteiger partial charge in [-0.3, -0.25) is 4.79 Å². The van der Waals surface area contributed by atoms with Crippen LogP contribution in [0.3, 0.4) is 0 Å². The summed E-state index contributed by atoms with van der Waals surface area (Å²) in [6.07, 6.45) is 1.51. The molecule has 0 aromatic heterocycles. The Kier molecular flexibility index (Phi) is 3.98. The first-order chi connectivity index (χ1) is 7.02. The number of hydrogen-bond donors (Lipinski definition) is 2. The molecule has 0 aliphatic carbocycles. The fourth-order valence-corrected chi connectivity index (χ4v) is 2.82. The quantitative estimate of drug-likeness (QED) is 0.609. The first-order valence-electron chi connectivity index (χ1n) is 4.40. The summed E-state index contributed by atoms with van der Waals surface area (Å²) in [4.78, 5) is 21.2. The highest BCUT2D eigenvalue weighted by Gasteiger charge is 2.14. The van der Waals surface area contributed by atoms with Crippen LogP contribution in [0, 0.1) is 0 Å². The van der Waals surface area contributed by atoms with Crippen LogP contribution in [-0.2, 0) is 19.3 Å². The van der Waals surface area contributed by atoms with Gasteiger partial charge in [0.25, 0.3) is 5.91 Å². The Morgan fingerprint density at radius 1 is 1.27 bits per heavy atom. The highest BCUT2D eigenvalue weighted by molar-refractivity contribution is 7.94. The normalized spacial score (nSPS) is 20.0. The van der Waals surface area contributed by atoms with Crippen LogP contribution >= 0.6 is 0 Å². The lowest BCUT2D eigenvalue weighted by molar-refractivity contribution is -0.131. The molecule has 0 aromatic carbocycles. The van der Waals surface area contributed by atoms with E-state index in [-0.39, 0.29) is 0 Å². The van der Waals surface area contributed by atoms with Crippen LogP contribution in [0.5, 0.6) is 0 Å². The molecule has 84 valence electrons. The van der Waals surface area contributed by atoms with Crippen molar-refractivity contribution in [3.63, 3.8) is 0 Å². The molecular weight excluding hydrogens is 220 g/mol. The molecule has 1 amide bonds. The maximum Gasteiger partial charge on any atom is 0.328 e. The predicted molar refractivity (Wildman–Crippen MR) is 55.0 cm³/mol. The summed E-state index contributed by atoms with van der Waals surface area (Å²) in [5.74, 6) is -1.30. The van der Waals surface area contributed by atoms with Gasteiger partial charge in [-0.15, -0.1) is 0 Å². The largest absolute Gasteiger partial charge is 0.478 e. The minimum Gasteiger partial charge on any atom is -0.478 e. The van der Waals surface area contributed by atoms with Crippen molar-refractivity contribution in [1.29, 1.82) is 0 Å². The molecule has 0 bridgehead atoms. The summed E-state index contributed by atoms with van der Waals surface area (Å²) in [6.45, 7) is 1.14. The second-order valence-corrected chi connectivity index (χ2v) is 5.58. The molecule has 0 unspecified atom stereocenters. The Morgan fingerprint density at radius 3 is 2.40 bits per heavy atom. The highest BCUT2D eigenvalue weighted by Crippen LogP contribution is 2.00. The number of amides is 1. The SMILES string of the molecule is O=C(O)/C=C\C(=O)N=S1(=O)CCNCC1. The van der Waals surface area contributed by atoms with Gasteiger partial charge < -0.3 is 10.4 Å². The molecule has 1 fully saturated rings. The molecular formula is C8H12N2O4S. The molecule has 1 aliphatic heterocycles. The topological polar surface area (TPSA) is 95.8 Å². The number of carboxylic acid groups (broad SMARTS) is 1. The lowest BCUT2D eigenvalue weighted by Gasteiger charge is -2.15. The van der Waals surface area contributed by atoms with Gasteiger partial charge in [-0.05, 0) is 0 Å². The van der Waals surface area contributed by atoms with Crippen molar-refractivity contribution in [1.82, 2.24) is 5.32 Å². The molecule has 2 N–H and O–H groups in total. The van der Waals surface area contributed by atoms with Crippen molar-refractivity contribution in [3.05, 3.63) is 12.2 Å². The zero-order valence-corrected chi connectivity index (χ0v) is 8.83. The van der Waals surface area contributed by atoms with Crippen molar-refractivity contribution < 1.29 is 18.9 Å². The van der Waals surface area contributed by atoms with E-state index in [1.807, 2.05) is 0 Å². The minimum absolute atomic E-state index is 0.333. The summed E-state index contributed by atoms with van der Waals surface area (Å²) in [5, 5.41) is 11.3. The van der Waals surface area contributed by atoms with E-state index in [0.29, 0.717) is 30.7 Å². The second kappa shape index (κ2) is 5.04. The zero-order valence-electron chi connectivity index (χ0n) is 8.01. The smallest absolute Gasteiger partial charge is 0.328 e. The van der Waals surface area contributed by atoms with Crippen LogP contribution in [-0.4, -0.2) is 45.8 Å². The summed E-state index contributed by atoms with van der Waals surface area (Å²) in [7, 11) is -2.47. The molecule has 0 atom stereocenters. The first-order valence-corrected chi connectivity index (χ1v) is 6.25. The fraction of sp³-hybridized carbons (Fsp3) is 0.500. The van der Waals surface area contributed by atoms with Crippen molar-refractivity contribution >= 4 is 21.6 Å². The van der Waals surface area contributed by atoms with Crippen LogP contribution in [0.15, 0.2) is 16.5 Å². The molecule has 1 aliphatic rings. The van der Waals surface area contributed by atoms with Crippen molar-refractivity contribution in [2.24, 2.45) is 4.36 Å². The monoisotopic (exact) mass is 232 g/mol. The van der Waals surface area contributed by atoms with Crippen LogP contribution < -0.4 is 5.32 Å². The zero-order chi connectivity index (χ0) is 11.3. The Labute approximate surface area is 87.5 Å². The number of hydrogen-bond acceptors (Lipinski definition) is 4. The van der Waals surface area contributed by atoms with E-state index in [9.17, 15) is 13.8 Å². The Bertz CT molecular complexity index is 395. The van der Waals surface area contributed by atoms with E-state index < -0.39 is 21.6 Å². The molecule has 1 heterocycles. The Balaban J connectivity index is 2.73. The lowest BCUT2D eigenvalue weighted by Crippen LogP contribution is -2.36. The van der Waals surface area contributed by atoms with Crippen molar-refractivity contribution in [2.75, 3.05) is 24.6 Å².